The number of allylic oxidation sites excluding steroid dienone is 4. The van der Waals surface area contributed by atoms with Crippen molar-refractivity contribution in [2.75, 3.05) is 0 Å². The van der Waals surface area contributed by atoms with Gasteiger partial charge in [0.15, 0.2) is 0 Å². The first-order chi connectivity index (χ1) is 5.81. The molecule has 2 heteroatoms. The van der Waals surface area contributed by atoms with Gasteiger partial charge < -0.3 is 5.32 Å². The molecule has 2 aliphatic rings. The van der Waals surface area contributed by atoms with Crippen molar-refractivity contribution in [3.05, 3.63) is 23.9 Å². The van der Waals surface area contributed by atoms with Gasteiger partial charge in [-0.3, -0.25) is 4.79 Å². The second kappa shape index (κ2) is 2.77. The Morgan fingerprint density at radius 3 is 3.25 bits per heavy atom. The first-order valence-electron chi connectivity index (χ1n) is 4.49. The Bertz CT molecular complexity index is 265. The fraction of sp³-hybridized carbons (Fsp3) is 0.500. The summed E-state index contributed by atoms with van der Waals surface area (Å²) in [6.45, 7) is 2.17. The molecular weight excluding hydrogens is 150 g/mol. The van der Waals surface area contributed by atoms with Crippen LogP contribution in [0.25, 0.3) is 0 Å². The van der Waals surface area contributed by atoms with Gasteiger partial charge in [0, 0.05) is 18.0 Å². The van der Waals surface area contributed by atoms with Crippen molar-refractivity contribution >= 4 is 5.91 Å². The fourth-order valence-corrected chi connectivity index (χ4v) is 2.02. The number of amides is 1. The molecule has 0 saturated carbocycles. The van der Waals surface area contributed by atoms with Gasteiger partial charge in [0.1, 0.15) is 0 Å². The van der Waals surface area contributed by atoms with Crippen LogP contribution >= 0.6 is 0 Å². The molecule has 2 nitrogen and oxygen atoms in total. The van der Waals surface area contributed by atoms with Crippen LogP contribution in [0.5, 0.6) is 0 Å². The first kappa shape index (κ1) is 7.59. The molecule has 0 aromatic rings. The average molecular weight is 163 g/mol. The summed E-state index contributed by atoms with van der Waals surface area (Å²) in [6, 6.07) is 0. The molecule has 1 N–H and O–H groups in total. The monoisotopic (exact) mass is 163 g/mol. The van der Waals surface area contributed by atoms with Crippen LogP contribution in [0, 0.1) is 11.8 Å². The van der Waals surface area contributed by atoms with Crippen LogP contribution in [0.4, 0.5) is 0 Å². The molecule has 1 saturated heterocycles. The maximum absolute atomic E-state index is 11.1. The molecule has 0 spiro atoms. The van der Waals surface area contributed by atoms with Gasteiger partial charge in [0.05, 0.1) is 0 Å². The lowest BCUT2D eigenvalue weighted by Gasteiger charge is -2.21. The van der Waals surface area contributed by atoms with E-state index in [2.05, 4.69) is 18.3 Å². The number of fused-ring (bicyclic) bond motifs is 1. The summed E-state index contributed by atoms with van der Waals surface area (Å²) in [6.07, 6.45) is 8.06. The van der Waals surface area contributed by atoms with E-state index in [9.17, 15) is 4.79 Å². The Balaban J connectivity index is 2.23. The second-order valence-electron chi connectivity index (χ2n) is 3.44. The summed E-state index contributed by atoms with van der Waals surface area (Å²) < 4.78 is 0. The van der Waals surface area contributed by atoms with Crippen molar-refractivity contribution in [3.63, 3.8) is 0 Å². The van der Waals surface area contributed by atoms with Gasteiger partial charge in [0.25, 0.3) is 0 Å². The molecule has 0 bridgehead atoms. The lowest BCUT2D eigenvalue weighted by Crippen LogP contribution is -2.16. The highest BCUT2D eigenvalue weighted by Gasteiger charge is 2.32. The molecule has 0 radical (unpaired) electrons. The number of hydrogen-bond acceptors (Lipinski definition) is 1. The number of rotatable bonds is 1. The largest absolute Gasteiger partial charge is 0.329 e. The van der Waals surface area contributed by atoms with Crippen molar-refractivity contribution in [1.82, 2.24) is 5.32 Å². The van der Waals surface area contributed by atoms with E-state index in [0.717, 1.165) is 12.1 Å². The molecule has 1 heterocycles. The molecule has 12 heavy (non-hydrogen) atoms. The SMILES string of the molecule is CCC1C=CC=C2NC(=O)CC21. The van der Waals surface area contributed by atoms with Crippen LogP contribution in [-0.2, 0) is 4.79 Å². The first-order valence-corrected chi connectivity index (χ1v) is 4.49. The number of hydrogen-bond donors (Lipinski definition) is 1. The van der Waals surface area contributed by atoms with Crippen LogP contribution < -0.4 is 5.32 Å². The van der Waals surface area contributed by atoms with E-state index in [-0.39, 0.29) is 5.91 Å². The molecule has 2 atom stereocenters. The molecule has 1 amide bonds. The summed E-state index contributed by atoms with van der Waals surface area (Å²) in [5.41, 5.74) is 1.12. The molecule has 1 aliphatic heterocycles. The minimum Gasteiger partial charge on any atom is -0.329 e. The average Bonchev–Trinajstić information content (AvgIpc) is 2.44. The van der Waals surface area contributed by atoms with E-state index in [0.29, 0.717) is 18.3 Å². The van der Waals surface area contributed by atoms with Gasteiger partial charge >= 0.3 is 0 Å². The zero-order valence-corrected chi connectivity index (χ0v) is 7.21. The minimum atomic E-state index is 0.174. The van der Waals surface area contributed by atoms with Gasteiger partial charge in [-0.25, -0.2) is 0 Å². The van der Waals surface area contributed by atoms with Gasteiger partial charge in [-0.05, 0) is 18.4 Å². The topological polar surface area (TPSA) is 29.1 Å². The Kier molecular flexibility index (Phi) is 1.75. The van der Waals surface area contributed by atoms with E-state index in [1.165, 1.54) is 0 Å². The highest BCUT2D eigenvalue weighted by molar-refractivity contribution is 5.82. The van der Waals surface area contributed by atoms with Gasteiger partial charge in [0.2, 0.25) is 5.91 Å². The predicted octanol–water partition coefficient (Wildman–Crippen LogP) is 1.60. The van der Waals surface area contributed by atoms with Crippen molar-refractivity contribution < 1.29 is 4.79 Å². The molecule has 1 fully saturated rings. The number of carbonyl (C=O) groups excluding carboxylic acids is 1. The van der Waals surface area contributed by atoms with E-state index in [4.69, 9.17) is 0 Å². The molecule has 1 aliphatic carbocycles. The fourth-order valence-electron chi connectivity index (χ4n) is 2.02. The van der Waals surface area contributed by atoms with E-state index in [1.54, 1.807) is 0 Å². The third-order valence-electron chi connectivity index (χ3n) is 2.71. The Morgan fingerprint density at radius 1 is 1.67 bits per heavy atom. The highest BCUT2D eigenvalue weighted by Crippen LogP contribution is 2.33. The zero-order chi connectivity index (χ0) is 8.55. The Labute approximate surface area is 72.3 Å². The van der Waals surface area contributed by atoms with Crippen molar-refractivity contribution in [1.29, 1.82) is 0 Å². The van der Waals surface area contributed by atoms with Gasteiger partial charge in [-0.15, -0.1) is 0 Å². The van der Waals surface area contributed by atoms with E-state index in [1.807, 2.05) is 12.2 Å². The number of carbonyl (C=O) groups is 1. The normalized spacial score (nSPS) is 32.8. The maximum Gasteiger partial charge on any atom is 0.224 e. The molecular formula is C10H13NO. The highest BCUT2D eigenvalue weighted by atomic mass is 16.1. The second-order valence-corrected chi connectivity index (χ2v) is 3.44. The molecule has 0 aromatic heterocycles. The van der Waals surface area contributed by atoms with Crippen LogP contribution in [-0.4, -0.2) is 5.91 Å². The smallest absolute Gasteiger partial charge is 0.224 e. The Morgan fingerprint density at radius 2 is 2.50 bits per heavy atom. The summed E-state index contributed by atoms with van der Waals surface area (Å²) in [4.78, 5) is 11.1. The summed E-state index contributed by atoms with van der Waals surface area (Å²) in [7, 11) is 0. The lowest BCUT2D eigenvalue weighted by molar-refractivity contribution is -0.119. The third-order valence-corrected chi connectivity index (χ3v) is 2.71. The minimum absolute atomic E-state index is 0.174. The summed E-state index contributed by atoms with van der Waals surface area (Å²) in [5, 5.41) is 2.89. The van der Waals surface area contributed by atoms with Gasteiger partial charge in [-0.2, -0.15) is 0 Å². The summed E-state index contributed by atoms with van der Waals surface area (Å²) in [5.74, 6) is 1.17. The summed E-state index contributed by atoms with van der Waals surface area (Å²) >= 11 is 0. The Hall–Kier alpha value is -1.05. The maximum atomic E-state index is 11.1. The van der Waals surface area contributed by atoms with E-state index < -0.39 is 0 Å². The van der Waals surface area contributed by atoms with E-state index >= 15 is 0 Å². The van der Waals surface area contributed by atoms with Crippen LogP contribution in [0.15, 0.2) is 23.9 Å². The molecule has 0 aromatic carbocycles. The van der Waals surface area contributed by atoms with Crippen molar-refractivity contribution in [2.45, 2.75) is 19.8 Å². The van der Waals surface area contributed by atoms with Gasteiger partial charge in [-0.1, -0.05) is 19.1 Å². The standard InChI is InChI=1S/C10H13NO/c1-2-7-4-3-5-9-8(7)6-10(12)11-9/h3-5,7-8H,2,6H2,1H3,(H,11,12). The van der Waals surface area contributed by atoms with Crippen LogP contribution in [0.1, 0.15) is 19.8 Å². The number of nitrogens with one attached hydrogen (secondary N) is 1. The van der Waals surface area contributed by atoms with Crippen molar-refractivity contribution in [3.8, 4) is 0 Å². The molecule has 2 unspecified atom stereocenters. The van der Waals surface area contributed by atoms with Crippen LogP contribution in [0.2, 0.25) is 0 Å². The molecule has 2 rings (SSSR count). The van der Waals surface area contributed by atoms with Crippen LogP contribution in [0.3, 0.4) is 0 Å². The lowest BCUT2D eigenvalue weighted by atomic mass is 9.84. The quantitative estimate of drug-likeness (QED) is 0.625. The zero-order valence-electron chi connectivity index (χ0n) is 7.21. The third kappa shape index (κ3) is 1.07. The predicted molar refractivity (Wildman–Crippen MR) is 47.3 cm³/mol. The molecule has 64 valence electrons. The van der Waals surface area contributed by atoms with Crippen molar-refractivity contribution in [2.24, 2.45) is 11.8 Å².